The Hall–Kier alpha value is -0.480. The van der Waals surface area contributed by atoms with Crippen LogP contribution >= 0.6 is 11.3 Å². The fourth-order valence-corrected chi connectivity index (χ4v) is 2.86. The molecule has 1 aliphatic carbocycles. The van der Waals surface area contributed by atoms with Gasteiger partial charge in [-0.3, -0.25) is 0 Å². The van der Waals surface area contributed by atoms with E-state index < -0.39 is 6.17 Å². The fourth-order valence-electron chi connectivity index (χ4n) is 1.88. The Kier molecular flexibility index (Phi) is 3.13. The van der Waals surface area contributed by atoms with Crippen LogP contribution in [0.5, 0.6) is 0 Å². The Labute approximate surface area is 86.8 Å². The van der Waals surface area contributed by atoms with Crippen LogP contribution in [-0.4, -0.2) is 16.3 Å². The molecule has 0 atom stereocenters. The number of alkyl halides is 1. The summed E-state index contributed by atoms with van der Waals surface area (Å²) < 4.78 is 12.9. The van der Waals surface area contributed by atoms with Crippen molar-refractivity contribution in [2.75, 3.05) is 0 Å². The van der Waals surface area contributed by atoms with E-state index in [1.54, 1.807) is 11.3 Å². The first-order valence-corrected chi connectivity index (χ1v) is 5.87. The number of thiazole rings is 1. The predicted molar refractivity (Wildman–Crippen MR) is 54.1 cm³/mol. The van der Waals surface area contributed by atoms with Crippen molar-refractivity contribution in [1.82, 2.24) is 4.98 Å². The van der Waals surface area contributed by atoms with Gasteiger partial charge in [0.1, 0.15) is 6.17 Å². The summed E-state index contributed by atoms with van der Waals surface area (Å²) in [6.07, 6.45) is 2.53. The second kappa shape index (κ2) is 4.36. The van der Waals surface area contributed by atoms with Gasteiger partial charge in [0.15, 0.2) is 0 Å². The molecule has 1 heterocycles. The summed E-state index contributed by atoms with van der Waals surface area (Å²) in [5.74, 6) is 0.423. The molecule has 0 unspecified atom stereocenters. The van der Waals surface area contributed by atoms with E-state index >= 15 is 0 Å². The lowest BCUT2D eigenvalue weighted by molar-refractivity contribution is 0.234. The minimum Gasteiger partial charge on any atom is -0.390 e. The maximum atomic E-state index is 12.9. The number of aromatic nitrogens is 1. The molecule has 1 aromatic heterocycles. The van der Waals surface area contributed by atoms with Gasteiger partial charge in [0.05, 0.1) is 17.3 Å². The zero-order valence-corrected chi connectivity index (χ0v) is 8.76. The lowest BCUT2D eigenvalue weighted by atomic mass is 9.89. The van der Waals surface area contributed by atoms with Crippen LogP contribution in [0.15, 0.2) is 5.38 Å². The summed E-state index contributed by atoms with van der Waals surface area (Å²) in [6.45, 7) is 0.00889. The van der Waals surface area contributed by atoms with Crippen LogP contribution in [0, 0.1) is 0 Å². The van der Waals surface area contributed by atoms with Crippen LogP contribution in [-0.2, 0) is 6.61 Å². The average molecular weight is 215 g/mol. The van der Waals surface area contributed by atoms with E-state index in [-0.39, 0.29) is 6.61 Å². The van der Waals surface area contributed by atoms with Gasteiger partial charge >= 0.3 is 0 Å². The Morgan fingerprint density at radius 2 is 2.14 bits per heavy atom. The van der Waals surface area contributed by atoms with E-state index in [0.29, 0.717) is 18.8 Å². The third kappa shape index (κ3) is 2.12. The van der Waals surface area contributed by atoms with Crippen molar-refractivity contribution in [3.63, 3.8) is 0 Å². The van der Waals surface area contributed by atoms with Gasteiger partial charge < -0.3 is 5.11 Å². The van der Waals surface area contributed by atoms with Gasteiger partial charge in [0.2, 0.25) is 0 Å². The average Bonchev–Trinajstić information content (AvgIpc) is 2.67. The van der Waals surface area contributed by atoms with Crippen LogP contribution < -0.4 is 0 Å². The molecule has 1 N–H and O–H groups in total. The largest absolute Gasteiger partial charge is 0.390 e. The quantitative estimate of drug-likeness (QED) is 0.822. The van der Waals surface area contributed by atoms with E-state index in [0.717, 1.165) is 23.5 Å². The van der Waals surface area contributed by atoms with Crippen molar-refractivity contribution in [2.45, 2.75) is 44.4 Å². The van der Waals surface area contributed by atoms with Crippen LogP contribution in [0.3, 0.4) is 0 Å². The first-order chi connectivity index (χ1) is 6.79. The van der Waals surface area contributed by atoms with Crippen LogP contribution in [0.25, 0.3) is 0 Å². The van der Waals surface area contributed by atoms with Crippen LogP contribution in [0.1, 0.15) is 42.3 Å². The number of hydrogen-bond donors (Lipinski definition) is 1. The summed E-state index contributed by atoms with van der Waals surface area (Å²) in [7, 11) is 0. The van der Waals surface area contributed by atoms with Gasteiger partial charge in [0, 0.05) is 11.3 Å². The Morgan fingerprint density at radius 3 is 2.71 bits per heavy atom. The lowest BCUT2D eigenvalue weighted by Crippen LogP contribution is -2.13. The summed E-state index contributed by atoms with van der Waals surface area (Å²) in [6, 6.07) is 0. The van der Waals surface area contributed by atoms with Gasteiger partial charge in [-0.15, -0.1) is 11.3 Å². The van der Waals surface area contributed by atoms with Gasteiger partial charge in [-0.25, -0.2) is 9.37 Å². The zero-order valence-electron chi connectivity index (χ0n) is 7.95. The maximum absolute atomic E-state index is 12.9. The van der Waals surface area contributed by atoms with Crippen molar-refractivity contribution in [1.29, 1.82) is 0 Å². The second-order valence-corrected chi connectivity index (χ2v) is 4.67. The molecule has 4 heteroatoms. The van der Waals surface area contributed by atoms with Crippen molar-refractivity contribution in [3.05, 3.63) is 16.1 Å². The molecule has 2 nitrogen and oxygen atoms in total. The van der Waals surface area contributed by atoms with E-state index in [1.807, 2.05) is 5.38 Å². The Morgan fingerprint density at radius 1 is 1.43 bits per heavy atom. The molecule has 1 aliphatic rings. The molecule has 0 bridgehead atoms. The maximum Gasteiger partial charge on any atom is 0.100 e. The normalized spacial score (nSPS) is 27.9. The van der Waals surface area contributed by atoms with Crippen molar-refractivity contribution >= 4 is 11.3 Å². The molecule has 0 aromatic carbocycles. The summed E-state index contributed by atoms with van der Waals surface area (Å²) in [5, 5.41) is 11.8. The molecule has 0 aliphatic heterocycles. The molecule has 0 spiro atoms. The number of rotatable bonds is 2. The number of aliphatic hydroxyl groups excluding tert-OH is 1. The number of hydrogen-bond acceptors (Lipinski definition) is 3. The monoisotopic (exact) mass is 215 g/mol. The van der Waals surface area contributed by atoms with E-state index in [9.17, 15) is 4.39 Å². The Balaban J connectivity index is 2.01. The van der Waals surface area contributed by atoms with Crippen molar-refractivity contribution < 1.29 is 9.50 Å². The van der Waals surface area contributed by atoms with Crippen molar-refractivity contribution in [2.24, 2.45) is 0 Å². The standard InChI is InChI=1S/C10H14FNOS/c11-8-3-1-7(2-4-8)10-12-9(5-13)6-14-10/h6-8,13H,1-5H2. The van der Waals surface area contributed by atoms with E-state index in [4.69, 9.17) is 5.11 Å². The summed E-state index contributed by atoms with van der Waals surface area (Å²) in [4.78, 5) is 4.32. The molecule has 1 fully saturated rings. The fraction of sp³-hybridized carbons (Fsp3) is 0.700. The van der Waals surface area contributed by atoms with Crippen molar-refractivity contribution in [3.8, 4) is 0 Å². The van der Waals surface area contributed by atoms with Crippen LogP contribution in [0.2, 0.25) is 0 Å². The first kappa shape index (κ1) is 10.1. The van der Waals surface area contributed by atoms with Gasteiger partial charge in [-0.05, 0) is 25.7 Å². The highest BCUT2D eigenvalue weighted by Gasteiger charge is 2.23. The molecule has 2 rings (SSSR count). The molecule has 1 aromatic rings. The molecule has 0 saturated heterocycles. The minimum absolute atomic E-state index is 0.00889. The van der Waals surface area contributed by atoms with Crippen LogP contribution in [0.4, 0.5) is 4.39 Å². The number of nitrogens with zero attached hydrogens (tertiary/aromatic N) is 1. The Bertz CT molecular complexity index is 294. The summed E-state index contributed by atoms with van der Waals surface area (Å²) >= 11 is 1.59. The predicted octanol–water partition coefficient (Wildman–Crippen LogP) is 2.63. The summed E-state index contributed by atoms with van der Waals surface area (Å²) in [5.41, 5.74) is 0.743. The SMILES string of the molecule is OCc1csc(C2CCC(F)CC2)n1. The van der Waals surface area contributed by atoms with Gasteiger partial charge in [-0.1, -0.05) is 0 Å². The number of aliphatic hydroxyl groups is 1. The third-order valence-electron chi connectivity index (χ3n) is 2.74. The van der Waals surface area contributed by atoms with Gasteiger partial charge in [-0.2, -0.15) is 0 Å². The van der Waals surface area contributed by atoms with E-state index in [1.165, 1.54) is 0 Å². The molecular formula is C10H14FNOS. The first-order valence-electron chi connectivity index (χ1n) is 4.99. The van der Waals surface area contributed by atoms with E-state index in [2.05, 4.69) is 4.98 Å². The smallest absolute Gasteiger partial charge is 0.100 e. The minimum atomic E-state index is -0.608. The second-order valence-electron chi connectivity index (χ2n) is 3.78. The molecule has 78 valence electrons. The van der Waals surface area contributed by atoms with Gasteiger partial charge in [0.25, 0.3) is 0 Å². The zero-order chi connectivity index (χ0) is 9.97. The molecule has 1 saturated carbocycles. The lowest BCUT2D eigenvalue weighted by Gasteiger charge is -2.22. The molecular weight excluding hydrogens is 201 g/mol. The number of halogens is 1. The highest BCUT2D eigenvalue weighted by atomic mass is 32.1. The highest BCUT2D eigenvalue weighted by Crippen LogP contribution is 2.35. The molecule has 0 radical (unpaired) electrons. The molecule has 0 amide bonds. The third-order valence-corrected chi connectivity index (χ3v) is 3.79. The molecule has 14 heavy (non-hydrogen) atoms. The topological polar surface area (TPSA) is 33.1 Å². The highest BCUT2D eigenvalue weighted by molar-refractivity contribution is 7.09.